The molecule has 4 aromatic rings. The number of carbonyl (C=O) groups is 2. The first-order valence-electron chi connectivity index (χ1n) is 13.2. The standard InChI is InChI=1S/C30H35N5O2/c1-33-19-13-25-22-26(11-12-27(25)33)32-29(37)30(14-6-3-7-15-30)35(18-8-17-34-20-16-31-23-34)28(36)21-24-9-4-2-5-10-24/h2,4-5,9-13,16,19-20,22-23H,3,6-8,14-15,17-18,21H2,1H3,(H,32,37). The average molecular weight is 498 g/mol. The van der Waals surface area contributed by atoms with Crippen molar-refractivity contribution in [3.8, 4) is 0 Å². The molecule has 0 saturated heterocycles. The highest BCUT2D eigenvalue weighted by Gasteiger charge is 2.46. The minimum atomic E-state index is -0.856. The minimum Gasteiger partial charge on any atom is -0.351 e. The van der Waals surface area contributed by atoms with E-state index in [-0.39, 0.29) is 18.2 Å². The topological polar surface area (TPSA) is 72.2 Å². The first kappa shape index (κ1) is 24.8. The van der Waals surface area contributed by atoms with Crippen LogP contribution in [-0.2, 0) is 29.6 Å². The van der Waals surface area contributed by atoms with E-state index in [4.69, 9.17) is 0 Å². The van der Waals surface area contributed by atoms with Crippen LogP contribution in [0.5, 0.6) is 0 Å². The quantitative estimate of drug-likeness (QED) is 0.346. The molecule has 2 aromatic carbocycles. The highest BCUT2D eigenvalue weighted by atomic mass is 16.2. The summed E-state index contributed by atoms with van der Waals surface area (Å²) in [5.41, 5.74) is 1.99. The lowest BCUT2D eigenvalue weighted by Crippen LogP contribution is -2.60. The van der Waals surface area contributed by atoms with E-state index >= 15 is 0 Å². The number of nitrogens with zero attached hydrogens (tertiary/aromatic N) is 4. The molecule has 5 rings (SSSR count). The minimum absolute atomic E-state index is 0.00684. The number of hydrogen-bond acceptors (Lipinski definition) is 3. The van der Waals surface area contributed by atoms with Gasteiger partial charge in [-0.15, -0.1) is 0 Å². The van der Waals surface area contributed by atoms with Crippen molar-refractivity contribution in [3.05, 3.63) is 85.1 Å². The number of rotatable bonds is 9. The molecular weight excluding hydrogens is 462 g/mol. The maximum atomic E-state index is 14.1. The molecular formula is C30H35N5O2. The van der Waals surface area contributed by atoms with E-state index < -0.39 is 5.54 Å². The van der Waals surface area contributed by atoms with Crippen LogP contribution in [0, 0.1) is 0 Å². The summed E-state index contributed by atoms with van der Waals surface area (Å²) >= 11 is 0. The van der Waals surface area contributed by atoms with Crippen molar-refractivity contribution in [1.29, 1.82) is 0 Å². The Bertz CT molecular complexity index is 1340. The summed E-state index contributed by atoms with van der Waals surface area (Å²) in [7, 11) is 2.01. The number of aromatic nitrogens is 3. The Morgan fingerprint density at radius 3 is 2.59 bits per heavy atom. The molecule has 0 aliphatic heterocycles. The fourth-order valence-electron chi connectivity index (χ4n) is 5.64. The van der Waals surface area contributed by atoms with Gasteiger partial charge in [0.1, 0.15) is 5.54 Å². The molecule has 2 aromatic heterocycles. The molecule has 7 nitrogen and oxygen atoms in total. The van der Waals surface area contributed by atoms with Gasteiger partial charge in [0, 0.05) is 55.3 Å². The van der Waals surface area contributed by atoms with Gasteiger partial charge in [0.15, 0.2) is 0 Å². The second-order valence-electron chi connectivity index (χ2n) is 10.1. The second kappa shape index (κ2) is 11.0. The smallest absolute Gasteiger partial charge is 0.250 e. The zero-order valence-corrected chi connectivity index (χ0v) is 21.5. The lowest BCUT2D eigenvalue weighted by molar-refractivity contribution is -0.147. The zero-order chi connectivity index (χ0) is 25.7. The van der Waals surface area contributed by atoms with Gasteiger partial charge in [-0.3, -0.25) is 9.59 Å². The van der Waals surface area contributed by atoms with E-state index in [2.05, 4.69) is 14.9 Å². The highest BCUT2D eigenvalue weighted by Crippen LogP contribution is 2.36. The van der Waals surface area contributed by atoms with Crippen LogP contribution < -0.4 is 5.32 Å². The predicted molar refractivity (Wildman–Crippen MR) is 146 cm³/mol. The molecule has 7 heteroatoms. The van der Waals surface area contributed by atoms with Crippen LogP contribution in [0.4, 0.5) is 5.69 Å². The van der Waals surface area contributed by atoms with Crippen LogP contribution in [0.15, 0.2) is 79.5 Å². The first-order chi connectivity index (χ1) is 18.0. The molecule has 0 atom stereocenters. The number of hydrogen-bond donors (Lipinski definition) is 1. The van der Waals surface area contributed by atoms with Crippen LogP contribution >= 0.6 is 0 Å². The number of anilines is 1. The lowest BCUT2D eigenvalue weighted by atomic mass is 9.78. The molecule has 0 unspecified atom stereocenters. The highest BCUT2D eigenvalue weighted by molar-refractivity contribution is 6.02. The lowest BCUT2D eigenvalue weighted by Gasteiger charge is -2.45. The predicted octanol–water partition coefficient (Wildman–Crippen LogP) is 5.18. The second-order valence-corrected chi connectivity index (χ2v) is 10.1. The van der Waals surface area contributed by atoms with Crippen LogP contribution in [0.3, 0.4) is 0 Å². The Balaban J connectivity index is 1.42. The molecule has 1 saturated carbocycles. The SMILES string of the molecule is Cn1ccc2cc(NC(=O)C3(N(CCCn4ccnc4)C(=O)Cc4ccccc4)CCCCC3)ccc21. The molecule has 2 heterocycles. The van der Waals surface area contributed by atoms with E-state index in [1.54, 1.807) is 12.5 Å². The Kier molecular flexibility index (Phi) is 7.40. The van der Waals surface area contributed by atoms with Crippen molar-refractivity contribution in [3.63, 3.8) is 0 Å². The number of amides is 2. The summed E-state index contributed by atoms with van der Waals surface area (Å²) < 4.78 is 4.08. The maximum Gasteiger partial charge on any atom is 0.250 e. The molecule has 1 fully saturated rings. The van der Waals surface area contributed by atoms with Gasteiger partial charge in [-0.2, -0.15) is 0 Å². The summed E-state index contributed by atoms with van der Waals surface area (Å²) in [6.45, 7) is 1.27. The van der Waals surface area contributed by atoms with Crippen molar-refractivity contribution >= 4 is 28.4 Å². The Hall–Kier alpha value is -3.87. The van der Waals surface area contributed by atoms with Gasteiger partial charge in [-0.05, 0) is 49.1 Å². The summed E-state index contributed by atoms with van der Waals surface area (Å²) in [5, 5.41) is 4.28. The molecule has 1 aliphatic carbocycles. The van der Waals surface area contributed by atoms with Gasteiger partial charge >= 0.3 is 0 Å². The third kappa shape index (κ3) is 5.45. The molecule has 37 heavy (non-hydrogen) atoms. The van der Waals surface area contributed by atoms with E-state index in [0.717, 1.165) is 54.4 Å². The molecule has 0 bridgehead atoms. The molecule has 1 N–H and O–H groups in total. The number of fused-ring (bicyclic) bond motifs is 1. The van der Waals surface area contributed by atoms with Crippen molar-refractivity contribution in [2.45, 2.75) is 57.0 Å². The van der Waals surface area contributed by atoms with Gasteiger partial charge in [-0.1, -0.05) is 49.6 Å². The van der Waals surface area contributed by atoms with Crippen LogP contribution in [0.25, 0.3) is 10.9 Å². The Morgan fingerprint density at radius 2 is 1.84 bits per heavy atom. The van der Waals surface area contributed by atoms with E-state index in [0.29, 0.717) is 19.4 Å². The number of benzene rings is 2. The molecule has 192 valence electrons. The molecule has 0 radical (unpaired) electrons. The fourth-order valence-corrected chi connectivity index (χ4v) is 5.64. The van der Waals surface area contributed by atoms with Crippen molar-refractivity contribution in [2.24, 2.45) is 7.05 Å². The van der Waals surface area contributed by atoms with Gasteiger partial charge in [-0.25, -0.2) is 4.98 Å². The normalized spacial score (nSPS) is 14.9. The monoisotopic (exact) mass is 497 g/mol. The summed E-state index contributed by atoms with van der Waals surface area (Å²) in [6, 6.07) is 17.9. The largest absolute Gasteiger partial charge is 0.351 e. The van der Waals surface area contributed by atoms with Crippen molar-refractivity contribution in [2.75, 3.05) is 11.9 Å². The number of aryl methyl sites for hydroxylation is 2. The van der Waals surface area contributed by atoms with Gasteiger partial charge in [0.05, 0.1) is 12.7 Å². The maximum absolute atomic E-state index is 14.1. The van der Waals surface area contributed by atoms with E-state index in [9.17, 15) is 9.59 Å². The van der Waals surface area contributed by atoms with Gasteiger partial charge < -0.3 is 19.4 Å². The van der Waals surface area contributed by atoms with Crippen molar-refractivity contribution in [1.82, 2.24) is 19.0 Å². The number of nitrogens with one attached hydrogen (secondary N) is 1. The number of carbonyl (C=O) groups excluding carboxylic acids is 2. The third-order valence-electron chi connectivity index (χ3n) is 7.62. The number of imidazole rings is 1. The third-order valence-corrected chi connectivity index (χ3v) is 7.62. The zero-order valence-electron chi connectivity index (χ0n) is 21.5. The summed E-state index contributed by atoms with van der Waals surface area (Å²) in [5.74, 6) is -0.0704. The van der Waals surface area contributed by atoms with Gasteiger partial charge in [0.25, 0.3) is 0 Å². The fraction of sp³-hybridized carbons (Fsp3) is 0.367. The summed E-state index contributed by atoms with van der Waals surface area (Å²) in [6.07, 6.45) is 12.8. The van der Waals surface area contributed by atoms with Gasteiger partial charge in [0.2, 0.25) is 11.8 Å². The van der Waals surface area contributed by atoms with E-state index in [1.807, 2.05) is 83.5 Å². The Labute approximate surface area is 218 Å². The average Bonchev–Trinajstić information content (AvgIpc) is 3.57. The molecule has 2 amide bonds. The van der Waals surface area contributed by atoms with Crippen LogP contribution in [0.1, 0.15) is 44.1 Å². The van der Waals surface area contributed by atoms with Crippen molar-refractivity contribution < 1.29 is 9.59 Å². The first-order valence-corrected chi connectivity index (χ1v) is 13.2. The Morgan fingerprint density at radius 1 is 1.03 bits per heavy atom. The molecule has 1 aliphatic rings. The molecule has 0 spiro atoms. The van der Waals surface area contributed by atoms with Crippen LogP contribution in [0.2, 0.25) is 0 Å². The summed E-state index contributed by atoms with van der Waals surface area (Å²) in [4.78, 5) is 34.0. The van der Waals surface area contributed by atoms with Crippen LogP contribution in [-0.4, -0.2) is 42.9 Å². The van der Waals surface area contributed by atoms with E-state index in [1.165, 1.54) is 0 Å².